The Morgan fingerprint density at radius 2 is 2.10 bits per heavy atom. The Morgan fingerprint density at radius 3 is 2.75 bits per heavy atom. The van der Waals surface area contributed by atoms with Gasteiger partial charge in [-0.2, -0.15) is 0 Å². The van der Waals surface area contributed by atoms with Gasteiger partial charge in [-0.15, -0.1) is 0 Å². The van der Waals surface area contributed by atoms with Crippen LogP contribution in [0.4, 0.5) is 4.39 Å². The zero-order chi connectivity index (χ0) is 14.4. The molecule has 0 radical (unpaired) electrons. The van der Waals surface area contributed by atoms with Gasteiger partial charge in [0.25, 0.3) is 0 Å². The van der Waals surface area contributed by atoms with Gasteiger partial charge < -0.3 is 5.11 Å². The highest BCUT2D eigenvalue weighted by molar-refractivity contribution is 6.31. The molecule has 1 aromatic heterocycles. The highest BCUT2D eigenvalue weighted by atomic mass is 35.5. The molecule has 0 spiro atoms. The number of hydrogen-bond acceptors (Lipinski definition) is 3. The fourth-order valence-electron chi connectivity index (χ4n) is 2.00. The van der Waals surface area contributed by atoms with Crippen LogP contribution in [-0.4, -0.2) is 28.1 Å². The lowest BCUT2D eigenvalue weighted by Crippen LogP contribution is -2.26. The SMILES string of the molecule is OCCN(Cc1cccnc1)Cc1ccc(F)cc1Cl. The van der Waals surface area contributed by atoms with Crippen LogP contribution < -0.4 is 0 Å². The highest BCUT2D eigenvalue weighted by Crippen LogP contribution is 2.19. The Hall–Kier alpha value is -1.49. The lowest BCUT2D eigenvalue weighted by atomic mass is 10.2. The van der Waals surface area contributed by atoms with Crippen molar-refractivity contribution in [1.82, 2.24) is 9.88 Å². The molecule has 1 aromatic carbocycles. The van der Waals surface area contributed by atoms with Gasteiger partial charge in [0.15, 0.2) is 0 Å². The zero-order valence-corrected chi connectivity index (χ0v) is 11.7. The van der Waals surface area contributed by atoms with Crippen LogP contribution >= 0.6 is 11.6 Å². The van der Waals surface area contributed by atoms with Crippen molar-refractivity contribution in [2.45, 2.75) is 13.1 Å². The van der Waals surface area contributed by atoms with E-state index >= 15 is 0 Å². The molecular formula is C15H16ClFN2O. The molecule has 106 valence electrons. The first-order valence-corrected chi connectivity index (χ1v) is 6.73. The van der Waals surface area contributed by atoms with E-state index in [-0.39, 0.29) is 12.4 Å². The molecule has 0 atom stereocenters. The zero-order valence-electron chi connectivity index (χ0n) is 11.0. The van der Waals surface area contributed by atoms with Gasteiger partial charge in [0.05, 0.1) is 6.61 Å². The summed E-state index contributed by atoms with van der Waals surface area (Å²) in [7, 11) is 0. The number of pyridine rings is 1. The molecule has 3 nitrogen and oxygen atoms in total. The van der Waals surface area contributed by atoms with Crippen molar-refractivity contribution in [3.8, 4) is 0 Å². The van der Waals surface area contributed by atoms with Crippen molar-refractivity contribution < 1.29 is 9.50 Å². The Balaban J connectivity index is 2.09. The summed E-state index contributed by atoms with van der Waals surface area (Å²) in [6, 6.07) is 8.22. The summed E-state index contributed by atoms with van der Waals surface area (Å²) in [6.45, 7) is 1.78. The first-order chi connectivity index (χ1) is 9.69. The van der Waals surface area contributed by atoms with E-state index < -0.39 is 0 Å². The van der Waals surface area contributed by atoms with Gasteiger partial charge in [0, 0.05) is 37.1 Å². The summed E-state index contributed by atoms with van der Waals surface area (Å²) in [4.78, 5) is 6.11. The number of rotatable bonds is 6. The molecule has 0 unspecified atom stereocenters. The monoisotopic (exact) mass is 294 g/mol. The third-order valence-corrected chi connectivity index (χ3v) is 3.31. The molecule has 5 heteroatoms. The number of aliphatic hydroxyl groups excluding tert-OH is 1. The fraction of sp³-hybridized carbons (Fsp3) is 0.267. The molecule has 0 fully saturated rings. The van der Waals surface area contributed by atoms with Crippen LogP contribution in [0.15, 0.2) is 42.7 Å². The minimum atomic E-state index is -0.347. The van der Waals surface area contributed by atoms with Crippen LogP contribution in [0.1, 0.15) is 11.1 Å². The molecule has 0 aliphatic heterocycles. The molecule has 0 bridgehead atoms. The number of nitrogens with zero attached hydrogens (tertiary/aromatic N) is 2. The van der Waals surface area contributed by atoms with E-state index in [1.54, 1.807) is 18.5 Å². The minimum absolute atomic E-state index is 0.0546. The van der Waals surface area contributed by atoms with E-state index in [9.17, 15) is 4.39 Å². The molecule has 0 saturated heterocycles. The van der Waals surface area contributed by atoms with Crippen LogP contribution in [0.25, 0.3) is 0 Å². The lowest BCUT2D eigenvalue weighted by molar-refractivity contribution is 0.184. The maximum atomic E-state index is 13.0. The van der Waals surface area contributed by atoms with Crippen molar-refractivity contribution in [3.63, 3.8) is 0 Å². The largest absolute Gasteiger partial charge is 0.395 e. The first kappa shape index (κ1) is 14.9. The number of benzene rings is 1. The predicted octanol–water partition coefficient (Wildman–Crippen LogP) is 2.87. The number of aromatic nitrogens is 1. The molecule has 1 heterocycles. The molecule has 0 aliphatic rings. The summed E-state index contributed by atoms with van der Waals surface area (Å²) < 4.78 is 13.0. The van der Waals surface area contributed by atoms with Crippen LogP contribution in [0, 0.1) is 5.82 Å². The van der Waals surface area contributed by atoms with Gasteiger partial charge >= 0.3 is 0 Å². The second kappa shape index (κ2) is 7.33. The van der Waals surface area contributed by atoms with E-state index in [2.05, 4.69) is 4.98 Å². The Kier molecular flexibility index (Phi) is 5.47. The van der Waals surface area contributed by atoms with Gasteiger partial charge in [-0.3, -0.25) is 9.88 Å². The average molecular weight is 295 g/mol. The number of hydrogen-bond donors (Lipinski definition) is 1. The normalized spacial score (nSPS) is 11.0. The van der Waals surface area contributed by atoms with Crippen molar-refractivity contribution >= 4 is 11.6 Å². The third-order valence-electron chi connectivity index (χ3n) is 2.95. The molecule has 0 aliphatic carbocycles. The van der Waals surface area contributed by atoms with E-state index in [4.69, 9.17) is 16.7 Å². The van der Waals surface area contributed by atoms with Crippen LogP contribution in [-0.2, 0) is 13.1 Å². The predicted molar refractivity (Wildman–Crippen MR) is 76.8 cm³/mol. The maximum Gasteiger partial charge on any atom is 0.124 e. The van der Waals surface area contributed by atoms with Crippen molar-refractivity contribution in [1.29, 1.82) is 0 Å². The van der Waals surface area contributed by atoms with Crippen LogP contribution in [0.3, 0.4) is 0 Å². The molecule has 20 heavy (non-hydrogen) atoms. The van der Waals surface area contributed by atoms with Crippen molar-refractivity contribution in [2.75, 3.05) is 13.2 Å². The molecule has 0 saturated carbocycles. The van der Waals surface area contributed by atoms with Gasteiger partial charge in [-0.1, -0.05) is 23.7 Å². The van der Waals surface area contributed by atoms with Crippen LogP contribution in [0.2, 0.25) is 5.02 Å². The molecule has 1 N–H and O–H groups in total. The molecule has 2 aromatic rings. The summed E-state index contributed by atoms with van der Waals surface area (Å²) >= 11 is 6.04. The lowest BCUT2D eigenvalue weighted by Gasteiger charge is -2.22. The van der Waals surface area contributed by atoms with E-state index in [1.165, 1.54) is 12.1 Å². The van der Waals surface area contributed by atoms with E-state index in [0.717, 1.165) is 11.1 Å². The van der Waals surface area contributed by atoms with E-state index in [1.807, 2.05) is 17.0 Å². The number of halogens is 2. The quantitative estimate of drug-likeness (QED) is 0.890. The summed E-state index contributed by atoms with van der Waals surface area (Å²) in [5, 5.41) is 9.56. The third kappa shape index (κ3) is 4.27. The van der Waals surface area contributed by atoms with Crippen LogP contribution in [0.5, 0.6) is 0 Å². The smallest absolute Gasteiger partial charge is 0.124 e. The van der Waals surface area contributed by atoms with Gasteiger partial charge in [0.2, 0.25) is 0 Å². The summed E-state index contributed by atoms with van der Waals surface area (Å²) in [5.74, 6) is -0.347. The highest BCUT2D eigenvalue weighted by Gasteiger charge is 2.10. The van der Waals surface area contributed by atoms with E-state index in [0.29, 0.717) is 24.7 Å². The average Bonchev–Trinajstić information content (AvgIpc) is 2.43. The second-order valence-corrected chi connectivity index (χ2v) is 4.94. The number of aliphatic hydroxyl groups is 1. The standard InChI is InChI=1S/C15H16ClFN2O/c16-15-8-14(17)4-3-13(15)11-19(6-7-20)10-12-2-1-5-18-9-12/h1-5,8-9,20H,6-7,10-11H2. The maximum absolute atomic E-state index is 13.0. The molecule has 0 amide bonds. The van der Waals surface area contributed by atoms with Crippen molar-refractivity contribution in [2.24, 2.45) is 0 Å². The Bertz CT molecular complexity index is 551. The topological polar surface area (TPSA) is 36.4 Å². The van der Waals surface area contributed by atoms with Gasteiger partial charge in [0.1, 0.15) is 5.82 Å². The van der Waals surface area contributed by atoms with Gasteiger partial charge in [-0.25, -0.2) is 4.39 Å². The summed E-state index contributed by atoms with van der Waals surface area (Å²) in [5.41, 5.74) is 1.89. The van der Waals surface area contributed by atoms with Gasteiger partial charge in [-0.05, 0) is 29.3 Å². The Labute approximate surface area is 122 Å². The molecular weight excluding hydrogens is 279 g/mol. The Morgan fingerprint density at radius 1 is 1.25 bits per heavy atom. The summed E-state index contributed by atoms with van der Waals surface area (Å²) in [6.07, 6.45) is 3.51. The fourth-order valence-corrected chi connectivity index (χ4v) is 2.22. The minimum Gasteiger partial charge on any atom is -0.395 e. The molecule has 2 rings (SSSR count). The first-order valence-electron chi connectivity index (χ1n) is 6.35. The van der Waals surface area contributed by atoms with Crippen molar-refractivity contribution in [3.05, 3.63) is 64.7 Å². The second-order valence-electron chi connectivity index (χ2n) is 4.53.